The first-order valence-electron chi connectivity index (χ1n) is 5.89. The van der Waals surface area contributed by atoms with E-state index in [0.717, 1.165) is 17.7 Å². The molecule has 1 aromatic carbocycles. The highest BCUT2D eigenvalue weighted by Gasteiger charge is 2.35. The number of hydrogen-bond donors (Lipinski definition) is 1. The van der Waals surface area contributed by atoms with Crippen LogP contribution in [-0.4, -0.2) is 29.3 Å². The summed E-state index contributed by atoms with van der Waals surface area (Å²) in [5.74, 6) is -1.58. The molecule has 0 saturated carbocycles. The molecule has 2 rings (SSSR count). The number of rotatable bonds is 5. The summed E-state index contributed by atoms with van der Waals surface area (Å²) in [6, 6.07) is 9.39. The van der Waals surface area contributed by atoms with E-state index >= 15 is 0 Å². The van der Waals surface area contributed by atoms with E-state index in [4.69, 9.17) is 0 Å². The van der Waals surface area contributed by atoms with Gasteiger partial charge in [-0.2, -0.15) is 0 Å². The van der Waals surface area contributed by atoms with Crippen LogP contribution in [0.2, 0.25) is 0 Å². The second-order valence-electron chi connectivity index (χ2n) is 4.16. The zero-order valence-electron chi connectivity index (χ0n) is 9.89. The van der Waals surface area contributed by atoms with Crippen molar-refractivity contribution in [1.29, 1.82) is 0 Å². The zero-order valence-corrected chi connectivity index (χ0v) is 9.89. The van der Waals surface area contributed by atoms with E-state index in [1.165, 1.54) is 5.56 Å². The highest BCUT2D eigenvalue weighted by molar-refractivity contribution is 6.44. The molecule has 0 radical (unpaired) electrons. The average Bonchev–Trinajstić information content (AvgIpc) is 2.61. The zero-order chi connectivity index (χ0) is 13.0. The Labute approximate surface area is 105 Å². The molecule has 5 heteroatoms. The lowest BCUT2D eigenvalue weighted by Gasteiger charge is -2.10. The van der Waals surface area contributed by atoms with E-state index in [-0.39, 0.29) is 0 Å². The first-order valence-corrected chi connectivity index (χ1v) is 5.89. The van der Waals surface area contributed by atoms with Crippen LogP contribution in [0.1, 0.15) is 18.4 Å². The topological polar surface area (TPSA) is 66.5 Å². The van der Waals surface area contributed by atoms with Gasteiger partial charge in [0, 0.05) is 6.54 Å². The minimum absolute atomic E-state index is 0.295. The number of carbonyl (C=O) groups excluding carboxylic acids is 3. The molecule has 1 heterocycles. The van der Waals surface area contributed by atoms with Crippen molar-refractivity contribution in [3.63, 3.8) is 0 Å². The Hall–Kier alpha value is -2.17. The van der Waals surface area contributed by atoms with Gasteiger partial charge < -0.3 is 0 Å². The molecular weight excluding hydrogens is 232 g/mol. The van der Waals surface area contributed by atoms with Crippen molar-refractivity contribution in [2.45, 2.75) is 19.3 Å². The first-order chi connectivity index (χ1) is 8.68. The van der Waals surface area contributed by atoms with Crippen molar-refractivity contribution >= 4 is 17.8 Å². The summed E-state index contributed by atoms with van der Waals surface area (Å²) in [7, 11) is 0. The van der Waals surface area contributed by atoms with Gasteiger partial charge in [-0.15, -0.1) is 0 Å². The summed E-state index contributed by atoms with van der Waals surface area (Å²) in [5.41, 5.74) is 1.23. The van der Waals surface area contributed by atoms with E-state index in [1.807, 2.05) is 35.6 Å². The molecule has 5 nitrogen and oxygen atoms in total. The van der Waals surface area contributed by atoms with Crippen LogP contribution in [0.3, 0.4) is 0 Å². The molecule has 1 fully saturated rings. The van der Waals surface area contributed by atoms with Crippen molar-refractivity contribution in [3.8, 4) is 0 Å². The number of imide groups is 2. The summed E-state index contributed by atoms with van der Waals surface area (Å²) < 4.78 is 0. The molecule has 0 aliphatic carbocycles. The molecule has 1 aromatic rings. The van der Waals surface area contributed by atoms with Gasteiger partial charge in [-0.1, -0.05) is 30.3 Å². The van der Waals surface area contributed by atoms with E-state index in [1.54, 1.807) is 0 Å². The quantitative estimate of drug-likeness (QED) is 0.480. The van der Waals surface area contributed by atoms with Crippen molar-refractivity contribution < 1.29 is 14.4 Å². The van der Waals surface area contributed by atoms with Gasteiger partial charge >= 0.3 is 17.8 Å². The van der Waals surface area contributed by atoms with E-state index in [9.17, 15) is 14.4 Å². The van der Waals surface area contributed by atoms with Crippen LogP contribution in [0.15, 0.2) is 30.3 Å². The molecule has 94 valence electrons. The van der Waals surface area contributed by atoms with Gasteiger partial charge in [-0.3, -0.25) is 19.8 Å². The third-order valence-electron chi connectivity index (χ3n) is 2.85. The van der Waals surface area contributed by atoms with Crippen molar-refractivity contribution in [1.82, 2.24) is 10.2 Å². The van der Waals surface area contributed by atoms with Gasteiger partial charge in [0.25, 0.3) is 0 Å². The van der Waals surface area contributed by atoms with Crippen LogP contribution < -0.4 is 5.32 Å². The van der Waals surface area contributed by atoms with Gasteiger partial charge in [-0.05, 0) is 24.8 Å². The van der Waals surface area contributed by atoms with Gasteiger partial charge in [0.05, 0.1) is 0 Å². The normalized spacial score (nSPS) is 15.1. The number of nitrogens with one attached hydrogen (secondary N) is 1. The van der Waals surface area contributed by atoms with E-state index in [0.29, 0.717) is 13.0 Å². The molecule has 1 saturated heterocycles. The third-order valence-corrected chi connectivity index (χ3v) is 2.85. The SMILES string of the molecule is O=C1NC(=O)N(CCCCc2ccccc2)C1=O. The number of nitrogens with zero attached hydrogens (tertiary/aromatic N) is 1. The molecule has 18 heavy (non-hydrogen) atoms. The Morgan fingerprint density at radius 1 is 1.00 bits per heavy atom. The number of amides is 4. The summed E-state index contributed by atoms with van der Waals surface area (Å²) in [6.07, 6.45) is 2.47. The van der Waals surface area contributed by atoms with Crippen LogP contribution in [0.4, 0.5) is 4.79 Å². The standard InChI is InChI=1S/C13H14N2O3/c16-11-12(17)15(13(18)14-11)9-5-4-8-10-6-2-1-3-7-10/h1-3,6-7H,4-5,8-9H2,(H,14,16,18). The number of carbonyl (C=O) groups is 3. The molecule has 0 spiro atoms. The first kappa shape index (κ1) is 12.3. The molecule has 4 amide bonds. The van der Waals surface area contributed by atoms with Gasteiger partial charge in [-0.25, -0.2) is 4.79 Å². The number of aryl methyl sites for hydroxylation is 1. The maximum Gasteiger partial charge on any atom is 0.331 e. The number of benzene rings is 1. The predicted molar refractivity (Wildman–Crippen MR) is 64.6 cm³/mol. The number of hydrogen-bond acceptors (Lipinski definition) is 3. The van der Waals surface area contributed by atoms with E-state index in [2.05, 4.69) is 0 Å². The Bertz CT molecular complexity index is 470. The minimum Gasteiger partial charge on any atom is -0.269 e. The summed E-state index contributed by atoms with van der Waals surface area (Å²) >= 11 is 0. The highest BCUT2D eigenvalue weighted by Crippen LogP contribution is 2.07. The lowest BCUT2D eigenvalue weighted by atomic mass is 10.1. The average molecular weight is 246 g/mol. The van der Waals surface area contributed by atoms with Gasteiger partial charge in [0.15, 0.2) is 0 Å². The maximum absolute atomic E-state index is 11.3. The van der Waals surface area contributed by atoms with E-state index < -0.39 is 17.8 Å². The summed E-state index contributed by atoms with van der Waals surface area (Å²) in [4.78, 5) is 34.4. The number of urea groups is 1. The molecule has 0 unspecified atom stereocenters. The molecule has 0 bridgehead atoms. The molecular formula is C13H14N2O3. The Balaban J connectivity index is 1.75. The predicted octanol–water partition coefficient (Wildman–Crippen LogP) is 1.09. The third kappa shape index (κ3) is 2.74. The molecule has 1 N–H and O–H groups in total. The summed E-state index contributed by atoms with van der Waals surface area (Å²) in [5, 5.41) is 1.97. The Kier molecular flexibility index (Phi) is 3.72. The summed E-state index contributed by atoms with van der Waals surface area (Å²) in [6.45, 7) is 0.295. The fourth-order valence-corrected chi connectivity index (χ4v) is 1.88. The van der Waals surface area contributed by atoms with Crippen LogP contribution in [-0.2, 0) is 16.0 Å². The molecule has 0 atom stereocenters. The smallest absolute Gasteiger partial charge is 0.269 e. The molecule has 1 aliphatic rings. The van der Waals surface area contributed by atoms with Crippen molar-refractivity contribution in [3.05, 3.63) is 35.9 Å². The van der Waals surface area contributed by atoms with Crippen molar-refractivity contribution in [2.24, 2.45) is 0 Å². The second kappa shape index (κ2) is 5.44. The van der Waals surface area contributed by atoms with Crippen LogP contribution in [0, 0.1) is 0 Å². The minimum atomic E-state index is -0.831. The largest absolute Gasteiger partial charge is 0.331 e. The lowest BCUT2D eigenvalue weighted by molar-refractivity contribution is -0.140. The van der Waals surface area contributed by atoms with Crippen LogP contribution >= 0.6 is 0 Å². The van der Waals surface area contributed by atoms with Crippen LogP contribution in [0.5, 0.6) is 0 Å². The van der Waals surface area contributed by atoms with Gasteiger partial charge in [0.2, 0.25) is 0 Å². The Morgan fingerprint density at radius 3 is 2.33 bits per heavy atom. The fraction of sp³-hybridized carbons (Fsp3) is 0.308. The Morgan fingerprint density at radius 2 is 1.72 bits per heavy atom. The monoisotopic (exact) mass is 246 g/mol. The molecule has 1 aliphatic heterocycles. The number of unbranched alkanes of at least 4 members (excludes halogenated alkanes) is 1. The highest BCUT2D eigenvalue weighted by atomic mass is 16.2. The van der Waals surface area contributed by atoms with Crippen molar-refractivity contribution in [2.75, 3.05) is 6.54 Å². The molecule has 0 aromatic heterocycles. The van der Waals surface area contributed by atoms with Gasteiger partial charge in [0.1, 0.15) is 0 Å². The second-order valence-corrected chi connectivity index (χ2v) is 4.16. The van der Waals surface area contributed by atoms with Crippen LogP contribution in [0.25, 0.3) is 0 Å². The fourth-order valence-electron chi connectivity index (χ4n) is 1.88. The lowest BCUT2D eigenvalue weighted by Crippen LogP contribution is -2.32. The maximum atomic E-state index is 11.3.